The van der Waals surface area contributed by atoms with Crippen LogP contribution >= 0.6 is 0 Å². The van der Waals surface area contributed by atoms with Gasteiger partial charge in [0, 0.05) is 35.3 Å². The molecule has 1 amide bonds. The lowest BCUT2D eigenvalue weighted by atomic mass is 10.0. The molecule has 11 heteroatoms. The van der Waals surface area contributed by atoms with Crippen molar-refractivity contribution in [3.05, 3.63) is 105 Å². The van der Waals surface area contributed by atoms with Gasteiger partial charge in [-0.3, -0.25) is 4.79 Å². The monoisotopic (exact) mass is 514 g/mol. The van der Waals surface area contributed by atoms with E-state index in [9.17, 15) is 19.1 Å². The molecule has 0 aliphatic carbocycles. The number of pyridine rings is 1. The maximum atomic E-state index is 13.9. The minimum Gasteiger partial charge on any atom is -0.507 e. The van der Waals surface area contributed by atoms with Gasteiger partial charge in [0.05, 0.1) is 13.0 Å². The SMILES string of the molecule is [N-]=[N+]=NCOC(=O)c1ccc(CC(=O)N2CCc3c(n(Cc4cccc(F)c4)c4ncccc34)C2)cc1O. The van der Waals surface area contributed by atoms with Gasteiger partial charge in [0.2, 0.25) is 5.91 Å². The molecule has 0 unspecified atom stereocenters. The van der Waals surface area contributed by atoms with Gasteiger partial charge < -0.3 is 19.3 Å². The van der Waals surface area contributed by atoms with Crippen LogP contribution in [0.4, 0.5) is 4.39 Å². The van der Waals surface area contributed by atoms with E-state index in [1.54, 1.807) is 23.2 Å². The highest BCUT2D eigenvalue weighted by Crippen LogP contribution is 2.31. The first-order valence-corrected chi connectivity index (χ1v) is 11.9. The van der Waals surface area contributed by atoms with Crippen molar-refractivity contribution in [3.63, 3.8) is 0 Å². The lowest BCUT2D eigenvalue weighted by Crippen LogP contribution is -2.37. The molecule has 0 atom stereocenters. The first-order chi connectivity index (χ1) is 18.4. The standard InChI is InChI=1S/C27H23FN6O4/c28-19-4-1-3-18(11-19)14-34-23-15-33(10-8-20(23)21-5-2-9-30-26(21)34)25(36)13-17-6-7-22(24(35)12-17)27(37)38-16-31-32-29/h1-7,9,11-12,35H,8,10,13-16H2. The number of hydrogen-bond donors (Lipinski definition) is 1. The number of phenols is 1. The normalized spacial score (nSPS) is 12.6. The van der Waals surface area contributed by atoms with Crippen LogP contribution in [0.2, 0.25) is 0 Å². The second kappa shape index (κ2) is 10.6. The molecule has 1 aliphatic heterocycles. The van der Waals surface area contributed by atoms with Crippen molar-refractivity contribution in [1.82, 2.24) is 14.5 Å². The summed E-state index contributed by atoms with van der Waals surface area (Å²) in [5.41, 5.74) is 12.4. The Bertz CT molecular complexity index is 1590. The highest BCUT2D eigenvalue weighted by Gasteiger charge is 2.27. The molecule has 1 N–H and O–H groups in total. The highest BCUT2D eigenvalue weighted by atomic mass is 19.1. The van der Waals surface area contributed by atoms with E-state index in [0.29, 0.717) is 31.6 Å². The summed E-state index contributed by atoms with van der Waals surface area (Å²) < 4.78 is 20.7. The summed E-state index contributed by atoms with van der Waals surface area (Å²) >= 11 is 0. The van der Waals surface area contributed by atoms with Crippen molar-refractivity contribution in [1.29, 1.82) is 0 Å². The number of fused-ring (bicyclic) bond motifs is 3. The fourth-order valence-electron chi connectivity index (χ4n) is 4.80. The van der Waals surface area contributed by atoms with Crippen LogP contribution < -0.4 is 0 Å². The number of rotatable bonds is 7. The third-order valence-electron chi connectivity index (χ3n) is 6.55. The van der Waals surface area contributed by atoms with E-state index >= 15 is 0 Å². The van der Waals surface area contributed by atoms with Gasteiger partial charge in [0.1, 0.15) is 22.8 Å². The Hall–Kier alpha value is -4.89. The summed E-state index contributed by atoms with van der Waals surface area (Å²) in [7, 11) is 0. The Balaban J connectivity index is 1.35. The van der Waals surface area contributed by atoms with Crippen LogP contribution in [0.5, 0.6) is 5.75 Å². The summed E-state index contributed by atoms with van der Waals surface area (Å²) in [6.45, 7) is 0.830. The van der Waals surface area contributed by atoms with E-state index in [0.717, 1.165) is 27.9 Å². The Kier molecular flexibility index (Phi) is 6.92. The van der Waals surface area contributed by atoms with Crippen LogP contribution in [0, 0.1) is 5.82 Å². The molecule has 38 heavy (non-hydrogen) atoms. The second-order valence-corrected chi connectivity index (χ2v) is 8.90. The van der Waals surface area contributed by atoms with Crippen LogP contribution in [0.3, 0.4) is 0 Å². The van der Waals surface area contributed by atoms with Crippen molar-refractivity contribution < 1.29 is 23.8 Å². The van der Waals surface area contributed by atoms with E-state index < -0.39 is 12.7 Å². The molecule has 0 fully saturated rings. The highest BCUT2D eigenvalue weighted by molar-refractivity contribution is 5.92. The van der Waals surface area contributed by atoms with Crippen LogP contribution in [0.1, 0.15) is 32.7 Å². The summed E-state index contributed by atoms with van der Waals surface area (Å²) in [4.78, 5) is 34.1. The quantitative estimate of drug-likeness (QED) is 0.168. The third kappa shape index (κ3) is 5.00. The largest absolute Gasteiger partial charge is 0.507 e. The maximum absolute atomic E-state index is 13.9. The number of aromatic nitrogens is 2. The van der Waals surface area contributed by atoms with Crippen LogP contribution in [0.25, 0.3) is 21.5 Å². The number of esters is 1. The zero-order valence-electron chi connectivity index (χ0n) is 20.2. The van der Waals surface area contributed by atoms with Gasteiger partial charge in [-0.15, -0.1) is 0 Å². The average molecular weight is 515 g/mol. The van der Waals surface area contributed by atoms with Crippen molar-refractivity contribution in [2.75, 3.05) is 13.3 Å². The molecular weight excluding hydrogens is 491 g/mol. The van der Waals surface area contributed by atoms with Crippen molar-refractivity contribution >= 4 is 22.9 Å². The Labute approximate surface area is 216 Å². The van der Waals surface area contributed by atoms with Gasteiger partial charge in [-0.25, -0.2) is 14.2 Å². The number of aromatic hydroxyl groups is 1. The van der Waals surface area contributed by atoms with Gasteiger partial charge in [0.15, 0.2) is 6.73 Å². The van der Waals surface area contributed by atoms with Crippen molar-refractivity contribution in [2.24, 2.45) is 5.11 Å². The number of hydrogen-bond acceptors (Lipinski definition) is 6. The molecule has 4 aromatic rings. The summed E-state index contributed by atoms with van der Waals surface area (Å²) in [6.07, 6.45) is 2.40. The summed E-state index contributed by atoms with van der Waals surface area (Å²) in [5.74, 6) is -1.61. The van der Waals surface area contributed by atoms with Crippen LogP contribution in [-0.4, -0.2) is 44.7 Å². The molecule has 0 saturated carbocycles. The lowest BCUT2D eigenvalue weighted by Gasteiger charge is -2.29. The fraction of sp³-hybridized carbons (Fsp3) is 0.222. The average Bonchev–Trinajstić information content (AvgIpc) is 3.21. The molecule has 2 aromatic carbocycles. The topological polar surface area (TPSA) is 133 Å². The smallest absolute Gasteiger partial charge is 0.342 e. The van der Waals surface area contributed by atoms with E-state index in [-0.39, 0.29) is 29.5 Å². The first-order valence-electron chi connectivity index (χ1n) is 11.9. The minimum absolute atomic E-state index is 0.0271. The van der Waals surface area contributed by atoms with E-state index in [2.05, 4.69) is 15.0 Å². The van der Waals surface area contributed by atoms with Crippen molar-refractivity contribution in [3.8, 4) is 5.75 Å². The van der Waals surface area contributed by atoms with E-state index in [1.807, 2.05) is 22.8 Å². The number of carbonyl (C=O) groups excluding carboxylic acids is 2. The van der Waals surface area contributed by atoms with Crippen LogP contribution in [0.15, 0.2) is 65.9 Å². The van der Waals surface area contributed by atoms with E-state index in [4.69, 9.17) is 10.3 Å². The van der Waals surface area contributed by atoms with Gasteiger partial charge in [0.25, 0.3) is 0 Å². The predicted octanol–water partition coefficient (Wildman–Crippen LogP) is 4.48. The molecule has 0 saturated heterocycles. The minimum atomic E-state index is -0.837. The first kappa shape index (κ1) is 24.8. The second-order valence-electron chi connectivity index (χ2n) is 8.90. The molecule has 0 radical (unpaired) electrons. The number of halogens is 1. The Morgan fingerprint density at radius 2 is 2.03 bits per heavy atom. The number of benzene rings is 2. The third-order valence-corrected chi connectivity index (χ3v) is 6.55. The molecule has 3 heterocycles. The van der Waals surface area contributed by atoms with Gasteiger partial charge in [-0.05, 0) is 65.0 Å². The molecule has 2 aromatic heterocycles. The predicted molar refractivity (Wildman–Crippen MR) is 136 cm³/mol. The fourth-order valence-corrected chi connectivity index (χ4v) is 4.80. The van der Waals surface area contributed by atoms with Gasteiger partial charge in [-0.2, -0.15) is 0 Å². The summed E-state index contributed by atoms with van der Waals surface area (Å²) in [6, 6.07) is 14.6. The number of amides is 1. The molecule has 0 bridgehead atoms. The number of azide groups is 1. The number of carbonyl (C=O) groups is 2. The number of ether oxygens (including phenoxy) is 1. The Morgan fingerprint density at radius 1 is 1.16 bits per heavy atom. The molecule has 1 aliphatic rings. The zero-order chi connectivity index (χ0) is 26.6. The van der Waals surface area contributed by atoms with Crippen LogP contribution in [-0.2, 0) is 35.5 Å². The molecule has 0 spiro atoms. The lowest BCUT2D eigenvalue weighted by molar-refractivity contribution is -0.131. The molecular formula is C27H23FN6O4. The number of phenolic OH excluding ortho intramolecular Hbond substituents is 1. The van der Waals surface area contributed by atoms with Gasteiger partial charge >= 0.3 is 5.97 Å². The van der Waals surface area contributed by atoms with Crippen molar-refractivity contribution in [2.45, 2.75) is 25.9 Å². The molecule has 10 nitrogen and oxygen atoms in total. The van der Waals surface area contributed by atoms with Gasteiger partial charge in [-0.1, -0.05) is 23.3 Å². The Morgan fingerprint density at radius 3 is 2.82 bits per heavy atom. The summed E-state index contributed by atoms with van der Waals surface area (Å²) in [5, 5.41) is 14.4. The van der Waals surface area contributed by atoms with E-state index in [1.165, 1.54) is 24.3 Å². The zero-order valence-corrected chi connectivity index (χ0v) is 20.2. The molecule has 192 valence electrons. The number of nitrogens with zero attached hydrogens (tertiary/aromatic N) is 6. The maximum Gasteiger partial charge on any atom is 0.342 e. The molecule has 5 rings (SSSR count).